The highest BCUT2D eigenvalue weighted by molar-refractivity contribution is 7.92. The lowest BCUT2D eigenvalue weighted by atomic mass is 10.0. The number of hydrogen-bond donors (Lipinski definition) is 1. The molecule has 1 N–H and O–H groups in total. The van der Waals surface area contributed by atoms with E-state index in [1.54, 1.807) is 18.2 Å². The largest absolute Gasteiger partial charge is 0.350 e. The number of nitrogens with one attached hydrogen (secondary N) is 1. The molecule has 0 saturated heterocycles. The van der Waals surface area contributed by atoms with E-state index in [9.17, 15) is 18.0 Å². The van der Waals surface area contributed by atoms with Crippen LogP contribution < -0.4 is 9.62 Å². The minimum absolute atomic E-state index is 0.0519. The maximum absolute atomic E-state index is 15.1. The standard InChI is InChI=1S/C35H36Cl2FN3O4S/c1-24-14-17-28(18-15-24)46(44,45)41(27-16-19-29(36)30(37)21-27)23-33(42)40(22-26-12-8-9-13-31(26)38)32(34(43)39-35(2,3)4)20-25-10-6-5-7-11-25/h5-19,21,32H,20,22-23H2,1-4H3,(H,39,43)/t32-/m1/s1. The van der Waals surface area contributed by atoms with E-state index in [1.807, 2.05) is 58.0 Å². The monoisotopic (exact) mass is 683 g/mol. The molecular weight excluding hydrogens is 648 g/mol. The van der Waals surface area contributed by atoms with Gasteiger partial charge in [0.05, 0.1) is 20.6 Å². The molecule has 4 rings (SSSR count). The van der Waals surface area contributed by atoms with Gasteiger partial charge in [-0.1, -0.05) is 89.4 Å². The van der Waals surface area contributed by atoms with Crippen LogP contribution >= 0.6 is 23.2 Å². The minimum atomic E-state index is -4.33. The first-order chi connectivity index (χ1) is 21.7. The number of carbonyl (C=O) groups is 2. The fraction of sp³-hybridized carbons (Fsp3) is 0.257. The second kappa shape index (κ2) is 14.7. The van der Waals surface area contributed by atoms with Crippen LogP contribution in [0.3, 0.4) is 0 Å². The predicted octanol–water partition coefficient (Wildman–Crippen LogP) is 7.19. The zero-order valence-electron chi connectivity index (χ0n) is 26.0. The van der Waals surface area contributed by atoms with Crippen LogP contribution in [0.4, 0.5) is 10.1 Å². The number of nitrogens with zero attached hydrogens (tertiary/aromatic N) is 2. The Kier molecular flexibility index (Phi) is 11.1. The van der Waals surface area contributed by atoms with Gasteiger partial charge in [0.2, 0.25) is 11.8 Å². The van der Waals surface area contributed by atoms with Crippen molar-refractivity contribution in [3.63, 3.8) is 0 Å². The molecule has 0 bridgehead atoms. The van der Waals surface area contributed by atoms with E-state index in [4.69, 9.17) is 23.2 Å². The summed E-state index contributed by atoms with van der Waals surface area (Å²) in [6.45, 7) is 6.26. The van der Waals surface area contributed by atoms with Gasteiger partial charge in [0.1, 0.15) is 18.4 Å². The molecule has 0 aliphatic rings. The predicted molar refractivity (Wildman–Crippen MR) is 181 cm³/mol. The first-order valence-corrected chi connectivity index (χ1v) is 16.8. The molecule has 0 saturated carbocycles. The number of benzene rings is 4. The summed E-state index contributed by atoms with van der Waals surface area (Å²) in [6.07, 6.45) is 0.0976. The molecule has 0 heterocycles. The Balaban J connectivity index is 1.84. The Morgan fingerprint density at radius 1 is 0.870 bits per heavy atom. The molecule has 0 radical (unpaired) electrons. The number of halogens is 3. The lowest BCUT2D eigenvalue weighted by molar-refractivity contribution is -0.140. The number of carbonyl (C=O) groups excluding carboxylic acids is 2. The van der Waals surface area contributed by atoms with Crippen LogP contribution in [0.25, 0.3) is 0 Å². The molecule has 46 heavy (non-hydrogen) atoms. The summed E-state index contributed by atoms with van der Waals surface area (Å²) < 4.78 is 44.3. The summed E-state index contributed by atoms with van der Waals surface area (Å²) in [6, 6.07) is 24.4. The van der Waals surface area contributed by atoms with Crippen LogP contribution in [-0.2, 0) is 32.6 Å². The molecule has 0 aliphatic heterocycles. The molecule has 0 aromatic heterocycles. The Morgan fingerprint density at radius 2 is 1.50 bits per heavy atom. The molecule has 11 heteroatoms. The number of amides is 2. The summed E-state index contributed by atoms with van der Waals surface area (Å²) >= 11 is 12.4. The summed E-state index contributed by atoms with van der Waals surface area (Å²) in [5.41, 5.74) is 1.21. The molecule has 0 aliphatic carbocycles. The third-order valence-electron chi connectivity index (χ3n) is 7.15. The normalized spacial score (nSPS) is 12.3. The third-order valence-corrected chi connectivity index (χ3v) is 9.67. The SMILES string of the molecule is Cc1ccc(S(=O)(=O)N(CC(=O)N(Cc2ccccc2F)[C@H](Cc2ccccc2)C(=O)NC(C)(C)C)c2ccc(Cl)c(Cl)c2)cc1. The smallest absolute Gasteiger partial charge is 0.264 e. The molecule has 0 unspecified atom stereocenters. The Hall–Kier alpha value is -3.92. The average Bonchev–Trinajstić information content (AvgIpc) is 2.99. The molecule has 7 nitrogen and oxygen atoms in total. The van der Waals surface area contributed by atoms with Crippen LogP contribution in [0.5, 0.6) is 0 Å². The van der Waals surface area contributed by atoms with Gasteiger partial charge in [-0.05, 0) is 69.7 Å². The van der Waals surface area contributed by atoms with E-state index in [-0.39, 0.29) is 39.2 Å². The van der Waals surface area contributed by atoms with Crippen LogP contribution in [0.1, 0.15) is 37.5 Å². The summed E-state index contributed by atoms with van der Waals surface area (Å²) in [5.74, 6) is -1.76. The van der Waals surface area contributed by atoms with E-state index in [0.717, 1.165) is 15.4 Å². The summed E-state index contributed by atoms with van der Waals surface area (Å²) in [4.78, 5) is 29.6. The second-order valence-corrected chi connectivity index (χ2v) is 14.7. The van der Waals surface area contributed by atoms with Gasteiger partial charge in [0.25, 0.3) is 10.0 Å². The third kappa shape index (κ3) is 8.87. The Morgan fingerprint density at radius 3 is 2.11 bits per heavy atom. The van der Waals surface area contributed by atoms with Gasteiger partial charge in [-0.2, -0.15) is 0 Å². The van der Waals surface area contributed by atoms with Crippen LogP contribution in [-0.4, -0.2) is 43.3 Å². The number of sulfonamides is 1. The molecular formula is C35H36Cl2FN3O4S. The Labute approximate surface area is 280 Å². The fourth-order valence-corrected chi connectivity index (χ4v) is 6.52. The Bertz CT molecular complexity index is 1800. The van der Waals surface area contributed by atoms with Crippen molar-refractivity contribution in [2.24, 2.45) is 0 Å². The molecule has 4 aromatic rings. The van der Waals surface area contributed by atoms with E-state index < -0.39 is 45.8 Å². The molecule has 0 spiro atoms. The lowest BCUT2D eigenvalue weighted by Gasteiger charge is -2.35. The van der Waals surface area contributed by atoms with Crippen molar-refractivity contribution in [2.75, 3.05) is 10.8 Å². The maximum atomic E-state index is 15.1. The van der Waals surface area contributed by atoms with E-state index in [2.05, 4.69) is 5.32 Å². The van der Waals surface area contributed by atoms with Crippen molar-refractivity contribution >= 4 is 50.7 Å². The van der Waals surface area contributed by atoms with Crippen molar-refractivity contribution in [3.05, 3.63) is 130 Å². The van der Waals surface area contributed by atoms with Gasteiger partial charge in [0, 0.05) is 24.1 Å². The highest BCUT2D eigenvalue weighted by atomic mass is 35.5. The first-order valence-electron chi connectivity index (χ1n) is 14.6. The van der Waals surface area contributed by atoms with Gasteiger partial charge in [0.15, 0.2) is 0 Å². The summed E-state index contributed by atoms with van der Waals surface area (Å²) in [7, 11) is -4.33. The average molecular weight is 685 g/mol. The number of rotatable bonds is 11. The molecule has 4 aromatic carbocycles. The van der Waals surface area contributed by atoms with E-state index in [0.29, 0.717) is 0 Å². The maximum Gasteiger partial charge on any atom is 0.264 e. The molecule has 2 amide bonds. The fourth-order valence-electron chi connectivity index (χ4n) is 4.82. The van der Waals surface area contributed by atoms with Gasteiger partial charge >= 0.3 is 0 Å². The first kappa shape index (κ1) is 34.9. The van der Waals surface area contributed by atoms with Crippen molar-refractivity contribution in [1.82, 2.24) is 10.2 Å². The topological polar surface area (TPSA) is 86.8 Å². The quantitative estimate of drug-likeness (QED) is 0.181. The second-order valence-electron chi connectivity index (χ2n) is 12.0. The number of hydrogen-bond acceptors (Lipinski definition) is 4. The highest BCUT2D eigenvalue weighted by Crippen LogP contribution is 2.31. The van der Waals surface area contributed by atoms with Gasteiger partial charge < -0.3 is 10.2 Å². The number of anilines is 1. The van der Waals surface area contributed by atoms with Gasteiger partial charge in [-0.15, -0.1) is 0 Å². The number of aryl methyl sites for hydroxylation is 1. The molecule has 0 fully saturated rings. The lowest BCUT2D eigenvalue weighted by Crippen LogP contribution is -2.56. The minimum Gasteiger partial charge on any atom is -0.350 e. The van der Waals surface area contributed by atoms with Crippen molar-refractivity contribution in [3.8, 4) is 0 Å². The van der Waals surface area contributed by atoms with Crippen molar-refractivity contribution in [1.29, 1.82) is 0 Å². The highest BCUT2D eigenvalue weighted by Gasteiger charge is 2.36. The van der Waals surface area contributed by atoms with E-state index in [1.165, 1.54) is 53.4 Å². The van der Waals surface area contributed by atoms with E-state index >= 15 is 4.39 Å². The van der Waals surface area contributed by atoms with Crippen LogP contribution in [0.2, 0.25) is 10.0 Å². The zero-order chi connectivity index (χ0) is 33.6. The van der Waals surface area contributed by atoms with Crippen LogP contribution in [0, 0.1) is 12.7 Å². The van der Waals surface area contributed by atoms with Crippen molar-refractivity contribution < 1.29 is 22.4 Å². The molecule has 1 atom stereocenters. The van der Waals surface area contributed by atoms with Gasteiger partial charge in [-0.25, -0.2) is 12.8 Å². The van der Waals surface area contributed by atoms with Crippen molar-refractivity contribution in [2.45, 2.75) is 57.1 Å². The van der Waals surface area contributed by atoms with Crippen LogP contribution in [0.15, 0.2) is 102 Å². The van der Waals surface area contributed by atoms with Gasteiger partial charge in [-0.3, -0.25) is 13.9 Å². The summed E-state index contributed by atoms with van der Waals surface area (Å²) in [5, 5.41) is 3.23. The molecule has 242 valence electrons. The zero-order valence-corrected chi connectivity index (χ0v) is 28.3.